The van der Waals surface area contributed by atoms with E-state index < -0.39 is 5.97 Å². The maximum Gasteiger partial charge on any atom is 0.330 e. The van der Waals surface area contributed by atoms with Crippen molar-refractivity contribution in [3.63, 3.8) is 0 Å². The van der Waals surface area contributed by atoms with Crippen molar-refractivity contribution in [2.75, 3.05) is 12.4 Å². The van der Waals surface area contributed by atoms with E-state index in [1.807, 2.05) is 6.92 Å². The molecule has 0 saturated carbocycles. The van der Waals surface area contributed by atoms with Gasteiger partial charge >= 0.3 is 5.97 Å². The van der Waals surface area contributed by atoms with E-state index in [1.54, 1.807) is 12.1 Å². The van der Waals surface area contributed by atoms with Gasteiger partial charge in [-0.3, -0.25) is 4.79 Å². The van der Waals surface area contributed by atoms with Crippen molar-refractivity contribution in [1.29, 1.82) is 0 Å². The number of esters is 1. The quantitative estimate of drug-likeness (QED) is 0.636. The van der Waals surface area contributed by atoms with E-state index in [0.29, 0.717) is 11.5 Å². The lowest BCUT2D eigenvalue weighted by Gasteiger charge is -2.04. The summed E-state index contributed by atoms with van der Waals surface area (Å²) in [6.07, 6.45) is 2.81. The van der Waals surface area contributed by atoms with Crippen LogP contribution in [-0.4, -0.2) is 24.0 Å². The van der Waals surface area contributed by atoms with Crippen molar-refractivity contribution in [2.24, 2.45) is 0 Å². The SMILES string of the molecule is COC(=O)/C=C/c1cc(C)cc(NC(C)=O)n1. The summed E-state index contributed by atoms with van der Waals surface area (Å²) in [6, 6.07) is 3.54. The zero-order valence-corrected chi connectivity index (χ0v) is 9.98. The number of aryl methyl sites for hydroxylation is 1. The highest BCUT2D eigenvalue weighted by Gasteiger charge is 2.00. The molecule has 5 heteroatoms. The number of methoxy groups -OCH3 is 1. The lowest BCUT2D eigenvalue weighted by Crippen LogP contribution is -2.08. The Bertz CT molecular complexity index is 467. The summed E-state index contributed by atoms with van der Waals surface area (Å²) in [5, 5.41) is 2.59. The Morgan fingerprint density at radius 1 is 1.41 bits per heavy atom. The molecule has 0 radical (unpaired) electrons. The number of ether oxygens (including phenoxy) is 1. The Labute approximate surface area is 99.5 Å². The number of carbonyl (C=O) groups excluding carboxylic acids is 2. The molecule has 17 heavy (non-hydrogen) atoms. The number of pyridine rings is 1. The molecule has 0 fully saturated rings. The Morgan fingerprint density at radius 3 is 2.71 bits per heavy atom. The van der Waals surface area contributed by atoms with Crippen LogP contribution in [0.25, 0.3) is 6.08 Å². The van der Waals surface area contributed by atoms with Crippen LogP contribution < -0.4 is 5.32 Å². The number of hydrogen-bond donors (Lipinski definition) is 1. The van der Waals surface area contributed by atoms with Crippen LogP contribution >= 0.6 is 0 Å². The number of carbonyl (C=O) groups is 2. The van der Waals surface area contributed by atoms with Crippen LogP contribution in [0.1, 0.15) is 18.2 Å². The third kappa shape index (κ3) is 4.46. The van der Waals surface area contributed by atoms with Crippen LogP contribution in [0.5, 0.6) is 0 Å². The van der Waals surface area contributed by atoms with Crippen molar-refractivity contribution in [3.8, 4) is 0 Å². The van der Waals surface area contributed by atoms with Gasteiger partial charge in [-0.25, -0.2) is 9.78 Å². The molecular formula is C12H14N2O3. The Hall–Kier alpha value is -2.17. The fourth-order valence-electron chi connectivity index (χ4n) is 1.25. The third-order valence-corrected chi connectivity index (χ3v) is 1.88. The van der Waals surface area contributed by atoms with E-state index in [-0.39, 0.29) is 5.91 Å². The first-order valence-corrected chi connectivity index (χ1v) is 5.03. The van der Waals surface area contributed by atoms with Gasteiger partial charge in [0.1, 0.15) is 5.82 Å². The zero-order chi connectivity index (χ0) is 12.8. The summed E-state index contributed by atoms with van der Waals surface area (Å²) >= 11 is 0. The molecule has 1 heterocycles. The Morgan fingerprint density at radius 2 is 2.12 bits per heavy atom. The molecule has 0 saturated heterocycles. The second kappa shape index (κ2) is 5.79. The first-order chi connectivity index (χ1) is 8.01. The van der Waals surface area contributed by atoms with Gasteiger partial charge in [-0.1, -0.05) is 0 Å². The average Bonchev–Trinajstić information content (AvgIpc) is 2.24. The zero-order valence-electron chi connectivity index (χ0n) is 9.98. The lowest BCUT2D eigenvalue weighted by molar-refractivity contribution is -0.134. The fourth-order valence-corrected chi connectivity index (χ4v) is 1.25. The molecule has 1 rings (SSSR count). The maximum atomic E-state index is 10.9. The second-order valence-electron chi connectivity index (χ2n) is 3.49. The molecule has 1 aromatic rings. The largest absolute Gasteiger partial charge is 0.466 e. The molecule has 0 aromatic carbocycles. The van der Waals surface area contributed by atoms with Gasteiger partial charge < -0.3 is 10.1 Å². The van der Waals surface area contributed by atoms with Crippen molar-refractivity contribution >= 4 is 23.8 Å². The van der Waals surface area contributed by atoms with Gasteiger partial charge in [0.25, 0.3) is 0 Å². The molecule has 1 amide bonds. The minimum atomic E-state index is -0.450. The Kier molecular flexibility index (Phi) is 4.39. The summed E-state index contributed by atoms with van der Waals surface area (Å²) in [5.74, 6) is -0.178. The topological polar surface area (TPSA) is 68.3 Å². The molecule has 0 spiro atoms. The monoisotopic (exact) mass is 234 g/mol. The standard InChI is InChI=1S/C12H14N2O3/c1-8-6-10(4-5-12(16)17-3)14-11(7-8)13-9(2)15/h4-7H,1-3H3,(H,13,14,15)/b5-4+. The van der Waals surface area contributed by atoms with Crippen LogP contribution in [0.3, 0.4) is 0 Å². The van der Waals surface area contributed by atoms with Crippen LogP contribution in [0, 0.1) is 6.92 Å². The number of nitrogens with one attached hydrogen (secondary N) is 1. The fraction of sp³-hybridized carbons (Fsp3) is 0.250. The summed E-state index contributed by atoms with van der Waals surface area (Å²) in [7, 11) is 1.30. The molecule has 0 aliphatic heterocycles. The predicted octanol–water partition coefficient (Wildman–Crippen LogP) is 1.53. The van der Waals surface area contributed by atoms with Crippen LogP contribution in [0.4, 0.5) is 5.82 Å². The number of amides is 1. The van der Waals surface area contributed by atoms with Crippen LogP contribution in [-0.2, 0) is 14.3 Å². The van der Waals surface area contributed by atoms with E-state index in [4.69, 9.17) is 0 Å². The highest BCUT2D eigenvalue weighted by molar-refractivity contribution is 5.88. The van der Waals surface area contributed by atoms with Crippen molar-refractivity contribution < 1.29 is 14.3 Å². The van der Waals surface area contributed by atoms with Crippen molar-refractivity contribution in [3.05, 3.63) is 29.5 Å². The summed E-state index contributed by atoms with van der Waals surface area (Å²) in [6.45, 7) is 3.29. The molecule has 0 atom stereocenters. The van der Waals surface area contributed by atoms with Gasteiger partial charge in [0.05, 0.1) is 12.8 Å². The van der Waals surface area contributed by atoms with E-state index >= 15 is 0 Å². The van der Waals surface area contributed by atoms with Crippen molar-refractivity contribution in [2.45, 2.75) is 13.8 Å². The first kappa shape index (κ1) is 12.9. The maximum absolute atomic E-state index is 10.9. The van der Waals surface area contributed by atoms with Gasteiger partial charge in [0.2, 0.25) is 5.91 Å². The second-order valence-corrected chi connectivity index (χ2v) is 3.49. The molecule has 90 valence electrons. The molecule has 0 bridgehead atoms. The number of hydrogen-bond acceptors (Lipinski definition) is 4. The van der Waals surface area contributed by atoms with Crippen LogP contribution in [0.2, 0.25) is 0 Å². The summed E-state index contributed by atoms with van der Waals surface area (Å²) < 4.78 is 4.47. The number of aromatic nitrogens is 1. The van der Waals surface area contributed by atoms with Crippen molar-refractivity contribution in [1.82, 2.24) is 4.98 Å². The number of nitrogens with zero attached hydrogens (tertiary/aromatic N) is 1. The number of anilines is 1. The van der Waals surface area contributed by atoms with E-state index in [0.717, 1.165) is 5.56 Å². The smallest absolute Gasteiger partial charge is 0.330 e. The van der Waals surface area contributed by atoms with Gasteiger partial charge in [-0.2, -0.15) is 0 Å². The van der Waals surface area contributed by atoms with E-state index in [1.165, 1.54) is 26.2 Å². The summed E-state index contributed by atoms with van der Waals surface area (Å²) in [5.41, 5.74) is 1.52. The molecule has 1 aromatic heterocycles. The first-order valence-electron chi connectivity index (χ1n) is 5.03. The lowest BCUT2D eigenvalue weighted by atomic mass is 10.2. The minimum Gasteiger partial charge on any atom is -0.466 e. The number of rotatable bonds is 3. The predicted molar refractivity (Wildman–Crippen MR) is 64.3 cm³/mol. The normalized spacial score (nSPS) is 10.3. The Balaban J connectivity index is 2.93. The molecule has 0 unspecified atom stereocenters. The molecule has 5 nitrogen and oxygen atoms in total. The molecule has 1 N–H and O–H groups in total. The van der Waals surface area contributed by atoms with E-state index in [9.17, 15) is 9.59 Å². The van der Waals surface area contributed by atoms with Gasteiger partial charge in [-0.05, 0) is 30.7 Å². The van der Waals surface area contributed by atoms with E-state index in [2.05, 4.69) is 15.0 Å². The average molecular weight is 234 g/mol. The molecular weight excluding hydrogens is 220 g/mol. The van der Waals surface area contributed by atoms with Gasteiger partial charge in [0.15, 0.2) is 0 Å². The van der Waals surface area contributed by atoms with Gasteiger partial charge in [0, 0.05) is 13.0 Å². The highest BCUT2D eigenvalue weighted by Crippen LogP contribution is 2.11. The van der Waals surface area contributed by atoms with Gasteiger partial charge in [-0.15, -0.1) is 0 Å². The molecule has 0 aliphatic rings. The highest BCUT2D eigenvalue weighted by atomic mass is 16.5. The third-order valence-electron chi connectivity index (χ3n) is 1.88. The van der Waals surface area contributed by atoms with Crippen LogP contribution in [0.15, 0.2) is 18.2 Å². The minimum absolute atomic E-state index is 0.189. The summed E-state index contributed by atoms with van der Waals surface area (Å²) in [4.78, 5) is 26.0. The molecule has 0 aliphatic carbocycles.